The molecule has 0 saturated heterocycles. The van der Waals surface area contributed by atoms with Crippen molar-refractivity contribution < 1.29 is 13.2 Å². The highest BCUT2D eigenvalue weighted by atomic mass is 19.1. The summed E-state index contributed by atoms with van der Waals surface area (Å²) in [5, 5.41) is 6.02. The number of nitrogens with one attached hydrogen (secondary N) is 2. The van der Waals surface area contributed by atoms with Gasteiger partial charge in [-0.1, -0.05) is 19.3 Å². The van der Waals surface area contributed by atoms with Crippen molar-refractivity contribution in [2.75, 3.05) is 10.6 Å². The van der Waals surface area contributed by atoms with Gasteiger partial charge in [0, 0.05) is 12.1 Å². The second kappa shape index (κ2) is 6.89. The largest absolute Gasteiger partial charge is 0.378 e. The Kier molecular flexibility index (Phi) is 4.69. The minimum Gasteiger partial charge on any atom is -0.378 e. The molecule has 122 valence electrons. The predicted molar refractivity (Wildman–Crippen MR) is 84.3 cm³/mol. The van der Waals surface area contributed by atoms with E-state index in [9.17, 15) is 13.2 Å². The molecule has 3 rings (SSSR count). The van der Waals surface area contributed by atoms with Crippen molar-refractivity contribution in [2.45, 2.75) is 38.1 Å². The molecule has 1 aliphatic rings. The van der Waals surface area contributed by atoms with Gasteiger partial charge < -0.3 is 10.6 Å². The molecule has 6 heteroatoms. The molecule has 0 amide bonds. The standard InChI is InChI=1S/C17H18F3N3/c18-11-6-7-16(21-10-11)23-15-9-12(19)8-14(20)17(15)22-13-4-2-1-3-5-13/h6-10,13,22H,1-5H2,(H,21,23). The summed E-state index contributed by atoms with van der Waals surface area (Å²) in [6.45, 7) is 0. The van der Waals surface area contributed by atoms with Crippen LogP contribution in [-0.2, 0) is 0 Å². The molecule has 0 unspecified atom stereocenters. The van der Waals surface area contributed by atoms with E-state index in [0.29, 0.717) is 5.82 Å². The highest BCUT2D eigenvalue weighted by molar-refractivity contribution is 5.74. The Morgan fingerprint density at radius 1 is 0.957 bits per heavy atom. The maximum absolute atomic E-state index is 14.2. The molecule has 1 heterocycles. The third-order valence-electron chi connectivity index (χ3n) is 4.00. The molecule has 23 heavy (non-hydrogen) atoms. The summed E-state index contributed by atoms with van der Waals surface area (Å²) in [6.07, 6.45) is 6.36. The molecule has 1 saturated carbocycles. The van der Waals surface area contributed by atoms with E-state index in [0.717, 1.165) is 37.9 Å². The van der Waals surface area contributed by atoms with E-state index in [2.05, 4.69) is 15.6 Å². The van der Waals surface area contributed by atoms with Crippen molar-refractivity contribution in [2.24, 2.45) is 0 Å². The lowest BCUT2D eigenvalue weighted by atomic mass is 9.95. The van der Waals surface area contributed by atoms with Gasteiger partial charge in [-0.25, -0.2) is 18.2 Å². The molecule has 1 aliphatic carbocycles. The van der Waals surface area contributed by atoms with Crippen LogP contribution in [0.3, 0.4) is 0 Å². The van der Waals surface area contributed by atoms with Crippen LogP contribution in [0.1, 0.15) is 32.1 Å². The number of rotatable bonds is 4. The first-order valence-corrected chi connectivity index (χ1v) is 7.76. The van der Waals surface area contributed by atoms with Gasteiger partial charge in [-0.2, -0.15) is 0 Å². The zero-order chi connectivity index (χ0) is 16.2. The van der Waals surface area contributed by atoms with Gasteiger partial charge in [-0.05, 0) is 31.0 Å². The van der Waals surface area contributed by atoms with Gasteiger partial charge in [0.2, 0.25) is 0 Å². The lowest BCUT2D eigenvalue weighted by Gasteiger charge is -2.25. The Balaban J connectivity index is 1.86. The van der Waals surface area contributed by atoms with Crippen molar-refractivity contribution in [3.05, 3.63) is 47.9 Å². The summed E-state index contributed by atoms with van der Waals surface area (Å²) in [5.74, 6) is -1.48. The van der Waals surface area contributed by atoms with Crippen molar-refractivity contribution >= 4 is 17.2 Å². The minimum absolute atomic E-state index is 0.172. The van der Waals surface area contributed by atoms with Gasteiger partial charge in [-0.3, -0.25) is 0 Å². The molecule has 1 aromatic carbocycles. The van der Waals surface area contributed by atoms with Crippen LogP contribution in [0.5, 0.6) is 0 Å². The van der Waals surface area contributed by atoms with E-state index in [4.69, 9.17) is 0 Å². The Morgan fingerprint density at radius 2 is 1.74 bits per heavy atom. The van der Waals surface area contributed by atoms with Crippen LogP contribution in [-0.4, -0.2) is 11.0 Å². The number of pyridine rings is 1. The van der Waals surface area contributed by atoms with E-state index >= 15 is 0 Å². The third-order valence-corrected chi connectivity index (χ3v) is 4.00. The Morgan fingerprint density at radius 3 is 2.43 bits per heavy atom. The molecule has 0 aliphatic heterocycles. The van der Waals surface area contributed by atoms with Crippen LogP contribution in [0.25, 0.3) is 0 Å². The average molecular weight is 321 g/mol. The van der Waals surface area contributed by atoms with E-state index in [1.54, 1.807) is 0 Å². The van der Waals surface area contributed by atoms with E-state index in [1.165, 1.54) is 24.6 Å². The molecule has 0 atom stereocenters. The molecule has 3 nitrogen and oxygen atoms in total. The summed E-state index contributed by atoms with van der Waals surface area (Å²) >= 11 is 0. The zero-order valence-electron chi connectivity index (χ0n) is 12.6. The van der Waals surface area contributed by atoms with Gasteiger partial charge in [0.25, 0.3) is 0 Å². The van der Waals surface area contributed by atoms with E-state index in [1.807, 2.05) is 0 Å². The first-order chi connectivity index (χ1) is 11.1. The van der Waals surface area contributed by atoms with Gasteiger partial charge >= 0.3 is 0 Å². The van der Waals surface area contributed by atoms with E-state index < -0.39 is 17.5 Å². The normalized spacial score (nSPS) is 15.4. The molecule has 2 aromatic rings. The smallest absolute Gasteiger partial charge is 0.151 e. The Bertz CT molecular complexity index is 668. The van der Waals surface area contributed by atoms with Crippen LogP contribution in [0.15, 0.2) is 30.5 Å². The minimum atomic E-state index is -0.679. The first-order valence-electron chi connectivity index (χ1n) is 7.76. The van der Waals surface area contributed by atoms with Gasteiger partial charge in [-0.15, -0.1) is 0 Å². The highest BCUT2D eigenvalue weighted by Crippen LogP contribution is 2.32. The van der Waals surface area contributed by atoms with Crippen LogP contribution < -0.4 is 10.6 Å². The fourth-order valence-electron chi connectivity index (χ4n) is 2.86. The molecule has 1 fully saturated rings. The summed E-state index contributed by atoms with van der Waals surface area (Å²) in [7, 11) is 0. The molecule has 1 aromatic heterocycles. The summed E-state index contributed by atoms with van der Waals surface area (Å²) in [4.78, 5) is 3.86. The van der Waals surface area contributed by atoms with E-state index in [-0.39, 0.29) is 17.4 Å². The Hall–Kier alpha value is -2.24. The lowest BCUT2D eigenvalue weighted by Crippen LogP contribution is -2.23. The topological polar surface area (TPSA) is 37.0 Å². The van der Waals surface area contributed by atoms with Crippen LogP contribution in [0, 0.1) is 17.5 Å². The van der Waals surface area contributed by atoms with Gasteiger partial charge in [0.1, 0.15) is 17.5 Å². The monoisotopic (exact) mass is 321 g/mol. The van der Waals surface area contributed by atoms with Crippen molar-refractivity contribution in [1.29, 1.82) is 0 Å². The SMILES string of the molecule is Fc1ccc(Nc2cc(F)cc(F)c2NC2CCCCC2)nc1. The lowest BCUT2D eigenvalue weighted by molar-refractivity contribution is 0.460. The number of hydrogen-bond acceptors (Lipinski definition) is 3. The van der Waals surface area contributed by atoms with Gasteiger partial charge in [0.05, 0.1) is 17.6 Å². The highest BCUT2D eigenvalue weighted by Gasteiger charge is 2.18. The second-order valence-electron chi connectivity index (χ2n) is 5.78. The summed E-state index contributed by atoms with van der Waals surface area (Å²) in [5.41, 5.74) is 0.483. The van der Waals surface area contributed by atoms with Crippen LogP contribution in [0.2, 0.25) is 0 Å². The number of halogens is 3. The average Bonchev–Trinajstić information content (AvgIpc) is 2.54. The summed E-state index contributed by atoms with van der Waals surface area (Å²) in [6, 6.07) is 4.89. The molecular formula is C17H18F3N3. The number of aromatic nitrogens is 1. The molecule has 0 spiro atoms. The van der Waals surface area contributed by atoms with Crippen LogP contribution >= 0.6 is 0 Å². The number of benzene rings is 1. The summed E-state index contributed by atoms with van der Waals surface area (Å²) < 4.78 is 40.7. The van der Waals surface area contributed by atoms with Crippen LogP contribution in [0.4, 0.5) is 30.4 Å². The second-order valence-corrected chi connectivity index (χ2v) is 5.78. The predicted octanol–water partition coefficient (Wildman–Crippen LogP) is 4.99. The van der Waals surface area contributed by atoms with Crippen molar-refractivity contribution in [3.8, 4) is 0 Å². The molecular weight excluding hydrogens is 303 g/mol. The number of hydrogen-bond donors (Lipinski definition) is 2. The fraction of sp³-hybridized carbons (Fsp3) is 0.353. The number of nitrogens with zero attached hydrogens (tertiary/aromatic N) is 1. The quantitative estimate of drug-likeness (QED) is 0.833. The third kappa shape index (κ3) is 3.94. The number of anilines is 3. The molecule has 0 bridgehead atoms. The zero-order valence-corrected chi connectivity index (χ0v) is 12.6. The first kappa shape index (κ1) is 15.6. The van der Waals surface area contributed by atoms with Crippen molar-refractivity contribution in [1.82, 2.24) is 4.98 Å². The molecule has 0 radical (unpaired) electrons. The molecule has 2 N–H and O–H groups in total. The van der Waals surface area contributed by atoms with Gasteiger partial charge in [0.15, 0.2) is 5.82 Å². The fourth-order valence-corrected chi connectivity index (χ4v) is 2.86. The maximum atomic E-state index is 14.2. The van der Waals surface area contributed by atoms with Crippen molar-refractivity contribution in [3.63, 3.8) is 0 Å². The Labute approximate surface area is 132 Å². The maximum Gasteiger partial charge on any atom is 0.151 e.